The zero-order valence-corrected chi connectivity index (χ0v) is 12.2. The van der Waals surface area contributed by atoms with Crippen LogP contribution in [0.4, 0.5) is 0 Å². The second kappa shape index (κ2) is 5.16. The van der Waals surface area contributed by atoms with Crippen molar-refractivity contribution in [2.75, 3.05) is 13.1 Å². The topological polar surface area (TPSA) is 83.6 Å². The summed E-state index contributed by atoms with van der Waals surface area (Å²) in [6, 6.07) is 4.69. The molecule has 0 saturated carbocycles. The standard InChI is InChI=1S/C12H16N2O3S2/c1-8-6-10(2-3-11(8)12(13)18)19(16,17)14-5-4-9(15)7-14/h2-3,6,9,15H,4-5,7H2,1H3,(H2,13,18). The fourth-order valence-corrected chi connectivity index (χ4v) is 3.96. The molecule has 0 spiro atoms. The summed E-state index contributed by atoms with van der Waals surface area (Å²) in [5.74, 6) is 0. The van der Waals surface area contributed by atoms with Crippen molar-refractivity contribution in [3.05, 3.63) is 29.3 Å². The van der Waals surface area contributed by atoms with Gasteiger partial charge >= 0.3 is 0 Å². The lowest BCUT2D eigenvalue weighted by molar-refractivity contribution is 0.189. The van der Waals surface area contributed by atoms with Crippen LogP contribution in [0.5, 0.6) is 0 Å². The van der Waals surface area contributed by atoms with E-state index in [4.69, 9.17) is 18.0 Å². The summed E-state index contributed by atoms with van der Waals surface area (Å²) >= 11 is 4.89. The Balaban J connectivity index is 2.36. The van der Waals surface area contributed by atoms with Crippen molar-refractivity contribution in [1.82, 2.24) is 4.31 Å². The van der Waals surface area contributed by atoms with E-state index in [9.17, 15) is 13.5 Å². The molecule has 1 heterocycles. The first-order valence-electron chi connectivity index (χ1n) is 5.91. The largest absolute Gasteiger partial charge is 0.392 e. The smallest absolute Gasteiger partial charge is 0.243 e. The number of thiocarbonyl (C=S) groups is 1. The second-order valence-electron chi connectivity index (χ2n) is 4.65. The van der Waals surface area contributed by atoms with Crippen molar-refractivity contribution < 1.29 is 13.5 Å². The van der Waals surface area contributed by atoms with Gasteiger partial charge in [-0.25, -0.2) is 8.42 Å². The maximum Gasteiger partial charge on any atom is 0.243 e. The molecule has 7 heteroatoms. The Morgan fingerprint density at radius 1 is 1.53 bits per heavy atom. The van der Waals surface area contributed by atoms with Crippen LogP contribution in [0.2, 0.25) is 0 Å². The van der Waals surface area contributed by atoms with Crippen LogP contribution in [0.25, 0.3) is 0 Å². The van der Waals surface area contributed by atoms with Gasteiger partial charge in [0, 0.05) is 18.7 Å². The van der Waals surface area contributed by atoms with Gasteiger partial charge in [0.15, 0.2) is 0 Å². The van der Waals surface area contributed by atoms with Crippen molar-refractivity contribution in [3.8, 4) is 0 Å². The SMILES string of the molecule is Cc1cc(S(=O)(=O)N2CCC(O)C2)ccc1C(N)=S. The van der Waals surface area contributed by atoms with E-state index in [-0.39, 0.29) is 16.4 Å². The maximum absolute atomic E-state index is 12.4. The third-order valence-electron chi connectivity index (χ3n) is 3.23. The number of aryl methyl sites for hydroxylation is 1. The van der Waals surface area contributed by atoms with Crippen molar-refractivity contribution >= 4 is 27.2 Å². The number of hydrogen-bond acceptors (Lipinski definition) is 4. The van der Waals surface area contributed by atoms with E-state index in [1.807, 2.05) is 0 Å². The molecule has 1 aromatic rings. The number of hydrogen-bond donors (Lipinski definition) is 2. The number of benzene rings is 1. The molecule has 0 radical (unpaired) electrons. The van der Waals surface area contributed by atoms with E-state index in [1.54, 1.807) is 19.1 Å². The van der Waals surface area contributed by atoms with Gasteiger partial charge in [-0.05, 0) is 31.0 Å². The van der Waals surface area contributed by atoms with Gasteiger partial charge in [-0.3, -0.25) is 0 Å². The van der Waals surface area contributed by atoms with Gasteiger partial charge in [0.05, 0.1) is 11.0 Å². The van der Waals surface area contributed by atoms with Crippen molar-refractivity contribution in [3.63, 3.8) is 0 Å². The van der Waals surface area contributed by atoms with Crippen molar-refractivity contribution in [2.24, 2.45) is 5.73 Å². The van der Waals surface area contributed by atoms with E-state index < -0.39 is 16.1 Å². The van der Waals surface area contributed by atoms with Gasteiger partial charge < -0.3 is 10.8 Å². The third-order valence-corrected chi connectivity index (χ3v) is 5.31. The summed E-state index contributed by atoms with van der Waals surface area (Å²) in [6.45, 7) is 2.27. The van der Waals surface area contributed by atoms with Crippen LogP contribution in [0.1, 0.15) is 17.5 Å². The molecule has 104 valence electrons. The molecule has 19 heavy (non-hydrogen) atoms. The monoisotopic (exact) mass is 300 g/mol. The van der Waals surface area contributed by atoms with Gasteiger partial charge in [0.2, 0.25) is 10.0 Å². The molecule has 1 saturated heterocycles. The normalized spacial score (nSPS) is 20.6. The summed E-state index contributed by atoms with van der Waals surface area (Å²) in [5, 5.41) is 9.44. The fourth-order valence-electron chi connectivity index (χ4n) is 2.15. The van der Waals surface area contributed by atoms with Gasteiger partial charge in [0.1, 0.15) is 4.99 Å². The number of β-amino-alcohol motifs (C(OH)–C–C–N with tert-alkyl or cyclic N) is 1. The van der Waals surface area contributed by atoms with Crippen LogP contribution < -0.4 is 5.73 Å². The van der Waals surface area contributed by atoms with Gasteiger partial charge in [-0.2, -0.15) is 4.31 Å². The van der Waals surface area contributed by atoms with Gasteiger partial charge in [-0.15, -0.1) is 0 Å². The quantitative estimate of drug-likeness (QED) is 0.789. The highest BCUT2D eigenvalue weighted by molar-refractivity contribution is 7.89. The molecule has 5 nitrogen and oxygen atoms in total. The fraction of sp³-hybridized carbons (Fsp3) is 0.417. The molecule has 1 unspecified atom stereocenters. The Labute approximate surface area is 118 Å². The molecule has 1 fully saturated rings. The number of aliphatic hydroxyl groups is 1. The molecular weight excluding hydrogens is 284 g/mol. The number of nitrogens with two attached hydrogens (primary N) is 1. The van der Waals surface area contributed by atoms with Crippen LogP contribution in [-0.2, 0) is 10.0 Å². The van der Waals surface area contributed by atoms with Crippen molar-refractivity contribution in [1.29, 1.82) is 0 Å². The molecule has 0 aromatic heterocycles. The highest BCUT2D eigenvalue weighted by Gasteiger charge is 2.31. The average Bonchev–Trinajstić information content (AvgIpc) is 2.76. The Bertz CT molecular complexity index is 613. The number of nitrogens with zero attached hydrogens (tertiary/aromatic N) is 1. The Morgan fingerprint density at radius 2 is 2.21 bits per heavy atom. The summed E-state index contributed by atoms with van der Waals surface area (Å²) in [6.07, 6.45) is -0.102. The van der Waals surface area contributed by atoms with Crippen LogP contribution in [-0.4, -0.2) is 42.0 Å². The first-order chi connectivity index (χ1) is 8.82. The molecule has 3 N–H and O–H groups in total. The minimum absolute atomic E-state index is 0.151. The first-order valence-corrected chi connectivity index (χ1v) is 7.76. The Hall–Kier alpha value is -1.02. The van der Waals surface area contributed by atoms with Gasteiger partial charge in [-0.1, -0.05) is 18.3 Å². The average molecular weight is 300 g/mol. The van der Waals surface area contributed by atoms with E-state index in [0.29, 0.717) is 18.5 Å². The first kappa shape index (κ1) is 14.4. The molecule has 1 atom stereocenters. The number of aliphatic hydroxyl groups excluding tert-OH is 1. The number of sulfonamides is 1. The lowest BCUT2D eigenvalue weighted by Gasteiger charge is -2.16. The summed E-state index contributed by atoms with van der Waals surface area (Å²) in [4.78, 5) is 0.456. The summed E-state index contributed by atoms with van der Waals surface area (Å²) in [7, 11) is -3.55. The predicted molar refractivity (Wildman–Crippen MR) is 76.4 cm³/mol. The van der Waals surface area contributed by atoms with E-state index in [2.05, 4.69) is 0 Å². The Kier molecular flexibility index (Phi) is 3.91. The predicted octanol–water partition coefficient (Wildman–Crippen LogP) is 0.385. The zero-order valence-electron chi connectivity index (χ0n) is 10.5. The molecule has 1 aliphatic heterocycles. The zero-order chi connectivity index (χ0) is 14.2. The molecule has 0 bridgehead atoms. The molecule has 0 aliphatic carbocycles. The third kappa shape index (κ3) is 2.79. The lowest BCUT2D eigenvalue weighted by Crippen LogP contribution is -2.29. The molecule has 1 aromatic carbocycles. The van der Waals surface area contributed by atoms with Crippen LogP contribution in [0, 0.1) is 6.92 Å². The van der Waals surface area contributed by atoms with Crippen molar-refractivity contribution in [2.45, 2.75) is 24.3 Å². The van der Waals surface area contributed by atoms with Crippen LogP contribution in [0.3, 0.4) is 0 Å². The molecule has 0 amide bonds. The van der Waals surface area contributed by atoms with E-state index in [1.165, 1.54) is 10.4 Å². The van der Waals surface area contributed by atoms with E-state index >= 15 is 0 Å². The van der Waals surface area contributed by atoms with Crippen LogP contribution >= 0.6 is 12.2 Å². The van der Waals surface area contributed by atoms with E-state index in [0.717, 1.165) is 5.56 Å². The summed E-state index contributed by atoms with van der Waals surface area (Å²) < 4.78 is 26.0. The molecule has 2 rings (SSSR count). The minimum Gasteiger partial charge on any atom is -0.392 e. The lowest BCUT2D eigenvalue weighted by atomic mass is 10.1. The van der Waals surface area contributed by atoms with Gasteiger partial charge in [0.25, 0.3) is 0 Å². The second-order valence-corrected chi connectivity index (χ2v) is 7.02. The molecule has 1 aliphatic rings. The highest BCUT2D eigenvalue weighted by Crippen LogP contribution is 2.23. The van der Waals surface area contributed by atoms with Crippen LogP contribution in [0.15, 0.2) is 23.1 Å². The summed E-state index contributed by atoms with van der Waals surface area (Å²) in [5.41, 5.74) is 6.96. The maximum atomic E-state index is 12.4. The minimum atomic E-state index is -3.55. The Morgan fingerprint density at radius 3 is 2.68 bits per heavy atom. The number of rotatable bonds is 3. The molecular formula is C12H16N2O3S2. The highest BCUT2D eigenvalue weighted by atomic mass is 32.2.